The van der Waals surface area contributed by atoms with Gasteiger partial charge in [-0.15, -0.1) is 0 Å². The molecule has 0 atom stereocenters. The predicted octanol–water partition coefficient (Wildman–Crippen LogP) is -1.62. The van der Waals surface area contributed by atoms with E-state index >= 15 is 0 Å². The molecule has 0 spiro atoms. The first-order valence-electron chi connectivity index (χ1n) is 4.04. The summed E-state index contributed by atoms with van der Waals surface area (Å²) in [7, 11) is -2.00. The van der Waals surface area contributed by atoms with E-state index in [0.29, 0.717) is 6.61 Å². The molecule has 0 fully saturated rings. The van der Waals surface area contributed by atoms with Crippen LogP contribution in [0.15, 0.2) is 0 Å². The number of methoxy groups -OCH3 is 1. The van der Waals surface area contributed by atoms with Crippen molar-refractivity contribution >= 4 is 16.0 Å². The van der Waals surface area contributed by atoms with Crippen molar-refractivity contribution in [2.45, 2.75) is 6.42 Å². The highest BCUT2D eigenvalue weighted by atomic mass is 32.2. The van der Waals surface area contributed by atoms with Crippen molar-refractivity contribution in [3.05, 3.63) is 0 Å². The average Bonchev–Trinajstić information content (AvgIpc) is 2.03. The third kappa shape index (κ3) is 7.92. The van der Waals surface area contributed by atoms with Crippen LogP contribution in [0, 0.1) is 5.41 Å². The zero-order chi connectivity index (χ0) is 11.0. The van der Waals surface area contributed by atoms with Gasteiger partial charge in [0.25, 0.3) is 10.2 Å². The van der Waals surface area contributed by atoms with Gasteiger partial charge >= 0.3 is 0 Å². The Balaban J connectivity index is 3.67. The second kappa shape index (κ2) is 6.71. The molecule has 0 heterocycles. The number of amidine groups is 1. The Morgan fingerprint density at radius 1 is 1.43 bits per heavy atom. The van der Waals surface area contributed by atoms with Crippen molar-refractivity contribution in [2.75, 3.05) is 26.8 Å². The maximum Gasteiger partial charge on any atom is 0.276 e. The van der Waals surface area contributed by atoms with Crippen LogP contribution in [0.2, 0.25) is 0 Å². The summed E-state index contributed by atoms with van der Waals surface area (Å²) in [5.41, 5.74) is 5.05. The zero-order valence-corrected chi connectivity index (χ0v) is 8.86. The van der Waals surface area contributed by atoms with Crippen molar-refractivity contribution in [3.63, 3.8) is 0 Å². The summed E-state index contributed by atoms with van der Waals surface area (Å²) in [4.78, 5) is 0. The van der Waals surface area contributed by atoms with Gasteiger partial charge in [-0.3, -0.25) is 5.41 Å². The maximum atomic E-state index is 11.1. The predicted molar refractivity (Wildman–Crippen MR) is 53.3 cm³/mol. The monoisotopic (exact) mass is 224 g/mol. The fourth-order valence-electron chi connectivity index (χ4n) is 0.649. The number of hydrogen-bond donors (Lipinski definition) is 4. The van der Waals surface area contributed by atoms with Crippen LogP contribution in [0.4, 0.5) is 0 Å². The standard InChI is InChI=1S/C6H16N4O3S/c1-13-5-4-10-14(11,12)9-3-2-6(7)8/h9-10H,2-5H2,1H3,(H3,7,8). The van der Waals surface area contributed by atoms with E-state index in [2.05, 4.69) is 14.2 Å². The Morgan fingerprint density at radius 3 is 2.50 bits per heavy atom. The van der Waals surface area contributed by atoms with Crippen molar-refractivity contribution in [1.29, 1.82) is 5.41 Å². The van der Waals surface area contributed by atoms with E-state index < -0.39 is 10.2 Å². The molecule has 0 saturated carbocycles. The Kier molecular flexibility index (Phi) is 6.37. The average molecular weight is 224 g/mol. The van der Waals surface area contributed by atoms with Gasteiger partial charge in [0.1, 0.15) is 0 Å². The number of rotatable bonds is 8. The van der Waals surface area contributed by atoms with E-state index in [1.807, 2.05) is 0 Å². The highest BCUT2D eigenvalue weighted by Crippen LogP contribution is 1.79. The fourth-order valence-corrected chi connectivity index (χ4v) is 1.47. The molecule has 0 amide bonds. The third-order valence-corrected chi connectivity index (χ3v) is 2.45. The van der Waals surface area contributed by atoms with E-state index in [4.69, 9.17) is 11.1 Å². The second-order valence-electron chi connectivity index (χ2n) is 2.56. The quantitative estimate of drug-likeness (QED) is 0.225. The van der Waals surface area contributed by atoms with Crippen LogP contribution in [0.3, 0.4) is 0 Å². The van der Waals surface area contributed by atoms with Crippen molar-refractivity contribution in [3.8, 4) is 0 Å². The Labute approximate surface area is 83.7 Å². The zero-order valence-electron chi connectivity index (χ0n) is 8.04. The van der Waals surface area contributed by atoms with Crippen LogP contribution in [0.5, 0.6) is 0 Å². The van der Waals surface area contributed by atoms with Gasteiger partial charge in [0.15, 0.2) is 0 Å². The molecule has 7 nitrogen and oxygen atoms in total. The summed E-state index contributed by atoms with van der Waals surface area (Å²) in [6.45, 7) is 0.650. The van der Waals surface area contributed by atoms with Gasteiger partial charge in [0, 0.05) is 26.6 Å². The first kappa shape index (κ1) is 13.3. The molecule has 5 N–H and O–H groups in total. The van der Waals surface area contributed by atoms with Crippen molar-refractivity contribution < 1.29 is 13.2 Å². The fraction of sp³-hybridized carbons (Fsp3) is 0.833. The SMILES string of the molecule is COCCNS(=O)(=O)NCCC(=N)N. The number of nitrogens with one attached hydrogen (secondary N) is 3. The lowest BCUT2D eigenvalue weighted by Gasteiger charge is -2.06. The van der Waals surface area contributed by atoms with Crippen LogP contribution < -0.4 is 15.2 Å². The molecule has 0 rings (SSSR count). The molecule has 0 aliphatic carbocycles. The van der Waals surface area contributed by atoms with E-state index in [1.54, 1.807) is 0 Å². The molecular weight excluding hydrogens is 208 g/mol. The highest BCUT2D eigenvalue weighted by Gasteiger charge is 2.07. The summed E-state index contributed by atoms with van der Waals surface area (Å²) < 4.78 is 31.4. The summed E-state index contributed by atoms with van der Waals surface area (Å²) in [6, 6.07) is 0. The Hall–Kier alpha value is -0.700. The van der Waals surface area contributed by atoms with Crippen molar-refractivity contribution in [1.82, 2.24) is 9.44 Å². The molecule has 0 aromatic rings. The van der Waals surface area contributed by atoms with Crippen molar-refractivity contribution in [2.24, 2.45) is 5.73 Å². The molecular formula is C6H16N4O3S. The third-order valence-electron chi connectivity index (χ3n) is 1.28. The Bertz CT molecular complexity index is 264. The first-order chi connectivity index (χ1) is 6.48. The molecule has 0 aliphatic rings. The molecule has 0 bridgehead atoms. The summed E-state index contributed by atoms with van der Waals surface area (Å²) in [5, 5.41) is 6.87. The molecule has 0 aliphatic heterocycles. The number of hydrogen-bond acceptors (Lipinski definition) is 4. The minimum atomic E-state index is -3.48. The number of ether oxygens (including phenoxy) is 1. The van der Waals surface area contributed by atoms with E-state index in [0.717, 1.165) is 0 Å². The van der Waals surface area contributed by atoms with Gasteiger partial charge in [0.2, 0.25) is 0 Å². The molecule has 8 heteroatoms. The molecule has 0 aromatic carbocycles. The van der Waals surface area contributed by atoms with Crippen LogP contribution in [0.25, 0.3) is 0 Å². The molecule has 0 unspecified atom stereocenters. The molecule has 0 radical (unpaired) electrons. The summed E-state index contributed by atoms with van der Waals surface area (Å²) >= 11 is 0. The maximum absolute atomic E-state index is 11.1. The minimum Gasteiger partial charge on any atom is -0.388 e. The van der Waals surface area contributed by atoms with E-state index in [1.165, 1.54) is 7.11 Å². The highest BCUT2D eigenvalue weighted by molar-refractivity contribution is 7.87. The lowest BCUT2D eigenvalue weighted by molar-refractivity contribution is 0.204. The molecule has 0 saturated heterocycles. The minimum absolute atomic E-state index is 0.0513. The van der Waals surface area contributed by atoms with Crippen LogP contribution >= 0.6 is 0 Å². The Morgan fingerprint density at radius 2 is 2.00 bits per heavy atom. The summed E-state index contributed by atoms with van der Waals surface area (Å²) in [6.07, 6.45) is 0.200. The van der Waals surface area contributed by atoms with Gasteiger partial charge in [-0.05, 0) is 0 Å². The van der Waals surface area contributed by atoms with Crippen LogP contribution in [-0.4, -0.2) is 41.1 Å². The van der Waals surface area contributed by atoms with E-state index in [-0.39, 0.29) is 25.3 Å². The van der Waals surface area contributed by atoms with Gasteiger partial charge in [-0.2, -0.15) is 13.1 Å². The lowest BCUT2D eigenvalue weighted by Crippen LogP contribution is -2.39. The molecule has 14 heavy (non-hydrogen) atoms. The van der Waals surface area contributed by atoms with E-state index in [9.17, 15) is 8.42 Å². The van der Waals surface area contributed by atoms with Crippen LogP contribution in [-0.2, 0) is 14.9 Å². The first-order valence-corrected chi connectivity index (χ1v) is 5.52. The van der Waals surface area contributed by atoms with Gasteiger partial charge < -0.3 is 10.5 Å². The second-order valence-corrected chi connectivity index (χ2v) is 4.14. The van der Waals surface area contributed by atoms with Crippen LogP contribution in [0.1, 0.15) is 6.42 Å². The van der Waals surface area contributed by atoms with Gasteiger partial charge in [0.05, 0.1) is 12.4 Å². The molecule has 84 valence electrons. The topological polar surface area (TPSA) is 117 Å². The largest absolute Gasteiger partial charge is 0.388 e. The smallest absolute Gasteiger partial charge is 0.276 e. The normalized spacial score (nSPS) is 11.5. The summed E-state index contributed by atoms with van der Waals surface area (Å²) in [5.74, 6) is -0.0513. The number of nitrogens with two attached hydrogens (primary N) is 1. The van der Waals surface area contributed by atoms with Gasteiger partial charge in [-0.1, -0.05) is 0 Å². The molecule has 0 aromatic heterocycles. The van der Waals surface area contributed by atoms with Gasteiger partial charge in [-0.25, -0.2) is 4.72 Å². The lowest BCUT2D eigenvalue weighted by atomic mass is 10.4.